The van der Waals surface area contributed by atoms with E-state index in [1.54, 1.807) is 17.9 Å². The summed E-state index contributed by atoms with van der Waals surface area (Å²) in [7, 11) is 1.98. The Morgan fingerprint density at radius 3 is 2.83 bits per heavy atom. The highest BCUT2D eigenvalue weighted by atomic mass is 16.5. The number of hydrogen-bond acceptors (Lipinski definition) is 4. The summed E-state index contributed by atoms with van der Waals surface area (Å²) < 4.78 is 5.58. The minimum Gasteiger partial charge on any atom is -0.490 e. The van der Waals surface area contributed by atoms with Crippen molar-refractivity contribution in [2.24, 2.45) is 5.41 Å². The van der Waals surface area contributed by atoms with Gasteiger partial charge in [0.2, 0.25) is 0 Å². The molecule has 7 nitrogen and oxygen atoms in total. The predicted molar refractivity (Wildman–Crippen MR) is 86.2 cm³/mol. The number of hydrogen-bond donors (Lipinski definition) is 2. The van der Waals surface area contributed by atoms with Crippen LogP contribution in [0.3, 0.4) is 0 Å². The molecule has 2 N–H and O–H groups in total. The van der Waals surface area contributed by atoms with Crippen molar-refractivity contribution in [3.8, 4) is 5.75 Å². The molecular formula is C16H21N3O4. The number of rotatable bonds is 2. The van der Waals surface area contributed by atoms with Crippen molar-refractivity contribution < 1.29 is 19.4 Å². The highest BCUT2D eigenvalue weighted by Gasteiger charge is 2.42. The number of fused-ring (bicyclic) bond motifs is 1. The summed E-state index contributed by atoms with van der Waals surface area (Å²) in [6, 6.07) is 5.24. The highest BCUT2D eigenvalue weighted by molar-refractivity contribution is 5.91. The number of likely N-dealkylation sites (N-methyl/N-ethyl adjacent to an activating group) is 1. The van der Waals surface area contributed by atoms with Crippen LogP contribution in [0.15, 0.2) is 18.2 Å². The molecule has 0 aliphatic carbocycles. The second-order valence-corrected chi connectivity index (χ2v) is 6.42. The molecule has 1 fully saturated rings. The lowest BCUT2D eigenvalue weighted by molar-refractivity contribution is -0.146. The number of carboxylic acids is 1. The fourth-order valence-corrected chi connectivity index (χ4v) is 2.94. The number of carbonyl (C=O) groups excluding carboxylic acids is 1. The molecule has 23 heavy (non-hydrogen) atoms. The lowest BCUT2D eigenvalue weighted by Crippen LogP contribution is -2.37. The van der Waals surface area contributed by atoms with Crippen LogP contribution in [0, 0.1) is 5.41 Å². The fourth-order valence-electron chi connectivity index (χ4n) is 2.94. The van der Waals surface area contributed by atoms with Gasteiger partial charge in [0.1, 0.15) is 12.4 Å². The van der Waals surface area contributed by atoms with Gasteiger partial charge >= 0.3 is 12.0 Å². The molecule has 2 amide bonds. The third-order valence-electron chi connectivity index (χ3n) is 4.58. The standard InChI is InChI=1S/C16H21N3O4/c1-16(14(20)21)5-6-19(10-16)15(22)17-11-3-4-13-12(9-11)18(2)7-8-23-13/h3-4,9H,5-8,10H2,1-2H3,(H,17,22)(H,20,21). The monoisotopic (exact) mass is 319 g/mol. The predicted octanol–water partition coefficient (Wildman–Crippen LogP) is 1.84. The van der Waals surface area contributed by atoms with E-state index in [4.69, 9.17) is 4.74 Å². The summed E-state index contributed by atoms with van der Waals surface area (Å²) >= 11 is 0. The van der Waals surface area contributed by atoms with Gasteiger partial charge in [0, 0.05) is 25.8 Å². The van der Waals surface area contributed by atoms with Crippen LogP contribution in [-0.4, -0.2) is 55.3 Å². The maximum atomic E-state index is 12.4. The van der Waals surface area contributed by atoms with Crippen molar-refractivity contribution in [2.45, 2.75) is 13.3 Å². The van der Waals surface area contributed by atoms with E-state index < -0.39 is 11.4 Å². The SMILES string of the molecule is CN1CCOc2ccc(NC(=O)N3CCC(C)(C(=O)O)C3)cc21. The van der Waals surface area contributed by atoms with Crippen LogP contribution in [0.1, 0.15) is 13.3 Å². The summed E-state index contributed by atoms with van der Waals surface area (Å²) in [6.45, 7) is 3.79. The van der Waals surface area contributed by atoms with Crippen molar-refractivity contribution in [1.82, 2.24) is 4.90 Å². The van der Waals surface area contributed by atoms with Crippen molar-refractivity contribution in [2.75, 3.05) is 43.5 Å². The normalized spacial score (nSPS) is 23.2. The van der Waals surface area contributed by atoms with E-state index in [-0.39, 0.29) is 12.6 Å². The molecule has 0 bridgehead atoms. The molecule has 1 aromatic rings. The summed E-state index contributed by atoms with van der Waals surface area (Å²) in [4.78, 5) is 27.2. The second-order valence-electron chi connectivity index (χ2n) is 6.42. The quantitative estimate of drug-likeness (QED) is 0.869. The average Bonchev–Trinajstić information content (AvgIpc) is 2.92. The summed E-state index contributed by atoms with van der Waals surface area (Å²) in [5.74, 6) is -0.0586. The average molecular weight is 319 g/mol. The Kier molecular flexibility index (Phi) is 3.79. The summed E-state index contributed by atoms with van der Waals surface area (Å²) in [6.07, 6.45) is 0.469. The van der Waals surface area contributed by atoms with Gasteiger partial charge in [-0.05, 0) is 31.5 Å². The summed E-state index contributed by atoms with van der Waals surface area (Å²) in [5.41, 5.74) is 0.752. The van der Waals surface area contributed by atoms with Crippen LogP contribution in [0.4, 0.5) is 16.2 Å². The fraction of sp³-hybridized carbons (Fsp3) is 0.500. The number of urea groups is 1. The van der Waals surface area contributed by atoms with E-state index in [9.17, 15) is 14.7 Å². The Morgan fingerprint density at radius 1 is 1.35 bits per heavy atom. The first-order chi connectivity index (χ1) is 10.9. The van der Waals surface area contributed by atoms with Gasteiger partial charge in [0.05, 0.1) is 17.6 Å². The second kappa shape index (κ2) is 5.64. The maximum Gasteiger partial charge on any atom is 0.321 e. The number of nitrogens with zero attached hydrogens (tertiary/aromatic N) is 2. The Morgan fingerprint density at radius 2 is 2.13 bits per heavy atom. The molecule has 1 atom stereocenters. The number of benzene rings is 1. The molecular weight excluding hydrogens is 298 g/mol. The van der Waals surface area contributed by atoms with Crippen molar-refractivity contribution in [3.63, 3.8) is 0 Å². The van der Waals surface area contributed by atoms with Crippen LogP contribution >= 0.6 is 0 Å². The minimum atomic E-state index is -0.861. The molecule has 2 aliphatic heterocycles. The lowest BCUT2D eigenvalue weighted by atomic mass is 9.90. The molecule has 124 valence electrons. The molecule has 0 spiro atoms. The molecule has 2 aliphatic rings. The minimum absolute atomic E-state index is 0.224. The van der Waals surface area contributed by atoms with Gasteiger partial charge in [-0.3, -0.25) is 4.79 Å². The Bertz CT molecular complexity index is 648. The van der Waals surface area contributed by atoms with Crippen molar-refractivity contribution in [3.05, 3.63) is 18.2 Å². The number of anilines is 2. The Hall–Kier alpha value is -2.44. The van der Waals surface area contributed by atoms with Gasteiger partial charge in [-0.15, -0.1) is 0 Å². The van der Waals surface area contributed by atoms with Crippen molar-refractivity contribution >= 4 is 23.4 Å². The number of aliphatic carboxylic acids is 1. The van der Waals surface area contributed by atoms with Gasteiger partial charge in [0.15, 0.2) is 0 Å². The number of amides is 2. The topological polar surface area (TPSA) is 82.1 Å². The van der Waals surface area contributed by atoms with Gasteiger partial charge < -0.3 is 25.0 Å². The number of nitrogens with one attached hydrogen (secondary N) is 1. The molecule has 3 rings (SSSR count). The molecule has 1 saturated heterocycles. The Labute approximate surface area is 134 Å². The Balaban J connectivity index is 1.69. The lowest BCUT2D eigenvalue weighted by Gasteiger charge is -2.28. The molecule has 7 heteroatoms. The number of likely N-dealkylation sites (tertiary alicyclic amines) is 1. The van der Waals surface area contributed by atoms with E-state index in [1.807, 2.05) is 19.2 Å². The summed E-state index contributed by atoms with van der Waals surface area (Å²) in [5, 5.41) is 12.1. The van der Waals surface area contributed by atoms with Gasteiger partial charge in [-0.2, -0.15) is 0 Å². The molecule has 1 aromatic carbocycles. The third kappa shape index (κ3) is 2.91. The van der Waals surface area contributed by atoms with Crippen LogP contribution in [-0.2, 0) is 4.79 Å². The largest absolute Gasteiger partial charge is 0.490 e. The van der Waals surface area contributed by atoms with Crippen molar-refractivity contribution in [1.29, 1.82) is 0 Å². The van der Waals surface area contributed by atoms with Crippen LogP contribution in [0.25, 0.3) is 0 Å². The van der Waals surface area contributed by atoms with Crippen LogP contribution in [0.5, 0.6) is 5.75 Å². The first kappa shape index (κ1) is 15.5. The number of ether oxygens (including phenoxy) is 1. The number of carbonyl (C=O) groups is 2. The first-order valence-corrected chi connectivity index (χ1v) is 7.66. The molecule has 0 saturated carbocycles. The zero-order valence-corrected chi connectivity index (χ0v) is 13.3. The van der Waals surface area contributed by atoms with Gasteiger partial charge in [0.25, 0.3) is 0 Å². The van der Waals surface area contributed by atoms with E-state index in [0.717, 1.165) is 18.0 Å². The molecule has 0 radical (unpaired) electrons. The third-order valence-corrected chi connectivity index (χ3v) is 4.58. The molecule has 1 unspecified atom stereocenters. The zero-order chi connectivity index (χ0) is 16.6. The van der Waals surface area contributed by atoms with E-state index >= 15 is 0 Å². The van der Waals surface area contributed by atoms with Crippen LogP contribution < -0.4 is 15.0 Å². The number of carboxylic acid groups (broad SMARTS) is 1. The first-order valence-electron chi connectivity index (χ1n) is 7.66. The van der Waals surface area contributed by atoms with Crippen LogP contribution in [0.2, 0.25) is 0 Å². The maximum absolute atomic E-state index is 12.4. The van der Waals surface area contributed by atoms with Gasteiger partial charge in [-0.25, -0.2) is 4.79 Å². The zero-order valence-electron chi connectivity index (χ0n) is 13.3. The van der Waals surface area contributed by atoms with E-state index in [0.29, 0.717) is 25.3 Å². The van der Waals surface area contributed by atoms with E-state index in [1.165, 1.54) is 0 Å². The smallest absolute Gasteiger partial charge is 0.321 e. The van der Waals surface area contributed by atoms with E-state index in [2.05, 4.69) is 10.2 Å². The highest BCUT2D eigenvalue weighted by Crippen LogP contribution is 2.34. The molecule has 2 heterocycles. The van der Waals surface area contributed by atoms with Gasteiger partial charge in [-0.1, -0.05) is 0 Å². The molecule has 0 aromatic heterocycles.